The summed E-state index contributed by atoms with van der Waals surface area (Å²) in [4.78, 5) is 2.30. The number of benzene rings is 6. The molecule has 0 saturated carbocycles. The zero-order valence-corrected chi connectivity index (χ0v) is 21.2. The van der Waals surface area contributed by atoms with Gasteiger partial charge in [0.1, 0.15) is 11.2 Å². The molecule has 39 heavy (non-hydrogen) atoms. The third-order valence-corrected chi connectivity index (χ3v) is 7.56. The van der Waals surface area contributed by atoms with E-state index in [0.29, 0.717) is 0 Å². The normalized spacial score (nSPS) is 11.6. The fourth-order valence-corrected chi connectivity index (χ4v) is 5.89. The predicted molar refractivity (Wildman–Crippen MR) is 163 cm³/mol. The highest BCUT2D eigenvalue weighted by Crippen LogP contribution is 2.41. The third-order valence-electron chi connectivity index (χ3n) is 7.56. The molecule has 8 aromatic rings. The van der Waals surface area contributed by atoms with E-state index in [2.05, 4.69) is 143 Å². The van der Waals surface area contributed by atoms with E-state index in [-0.39, 0.29) is 0 Å². The van der Waals surface area contributed by atoms with Gasteiger partial charge in [0.2, 0.25) is 0 Å². The maximum absolute atomic E-state index is 6.48. The Morgan fingerprint density at radius 1 is 0.462 bits per heavy atom. The Hall–Kier alpha value is -5.28. The van der Waals surface area contributed by atoms with Crippen LogP contribution in [0.15, 0.2) is 150 Å². The van der Waals surface area contributed by atoms with Crippen molar-refractivity contribution in [1.82, 2.24) is 4.57 Å². The lowest BCUT2D eigenvalue weighted by Gasteiger charge is -2.26. The van der Waals surface area contributed by atoms with E-state index < -0.39 is 0 Å². The van der Waals surface area contributed by atoms with Crippen LogP contribution in [0, 0.1) is 0 Å². The van der Waals surface area contributed by atoms with Crippen LogP contribution in [0.3, 0.4) is 0 Å². The molecule has 6 aromatic carbocycles. The number of aromatic nitrogens is 1. The molecule has 0 saturated heterocycles. The molecule has 0 aliphatic carbocycles. The summed E-state index contributed by atoms with van der Waals surface area (Å²) in [7, 11) is 0. The molecule has 0 aliphatic heterocycles. The molecule has 0 N–H and O–H groups in total. The summed E-state index contributed by atoms with van der Waals surface area (Å²) < 4.78 is 8.84. The Morgan fingerprint density at radius 2 is 1.10 bits per heavy atom. The average molecular weight is 501 g/mol. The van der Waals surface area contributed by atoms with Gasteiger partial charge in [-0.2, -0.15) is 0 Å². The van der Waals surface area contributed by atoms with Gasteiger partial charge in [-0.25, -0.2) is 0 Å². The summed E-state index contributed by atoms with van der Waals surface area (Å²) in [5.41, 5.74) is 8.58. The maximum atomic E-state index is 6.48. The van der Waals surface area contributed by atoms with Crippen molar-refractivity contribution in [3.63, 3.8) is 0 Å². The summed E-state index contributed by atoms with van der Waals surface area (Å²) in [6.07, 6.45) is 0. The molecule has 0 spiro atoms. The number of hydrogen-bond donors (Lipinski definition) is 0. The van der Waals surface area contributed by atoms with Gasteiger partial charge in [0.25, 0.3) is 0 Å². The van der Waals surface area contributed by atoms with Crippen molar-refractivity contribution in [3.05, 3.63) is 146 Å². The summed E-state index contributed by atoms with van der Waals surface area (Å²) in [6, 6.07) is 51.2. The summed E-state index contributed by atoms with van der Waals surface area (Å²) >= 11 is 0. The van der Waals surface area contributed by atoms with Crippen LogP contribution in [0.2, 0.25) is 0 Å². The quantitative estimate of drug-likeness (QED) is 0.240. The van der Waals surface area contributed by atoms with Crippen molar-refractivity contribution < 1.29 is 4.42 Å². The summed E-state index contributed by atoms with van der Waals surface area (Å²) in [5.74, 6) is 0. The minimum Gasteiger partial charge on any atom is -0.455 e. The van der Waals surface area contributed by atoms with Gasteiger partial charge >= 0.3 is 0 Å². The lowest BCUT2D eigenvalue weighted by Crippen LogP contribution is -2.10. The molecule has 0 atom stereocenters. The summed E-state index contributed by atoms with van der Waals surface area (Å²) in [5, 5.41) is 4.63. The SMILES string of the molecule is c1ccc(N(c2ccccc2)c2cccc(-n3c4ccccc4c4c5oc6ccccc6c5ccc43)c2)cc1. The number of hydrogen-bond acceptors (Lipinski definition) is 2. The number of rotatable bonds is 4. The molecule has 8 rings (SSSR count). The van der Waals surface area contributed by atoms with Crippen molar-refractivity contribution in [2.24, 2.45) is 0 Å². The second-order valence-corrected chi connectivity index (χ2v) is 9.81. The molecule has 0 bridgehead atoms. The van der Waals surface area contributed by atoms with E-state index >= 15 is 0 Å². The van der Waals surface area contributed by atoms with E-state index in [9.17, 15) is 0 Å². The predicted octanol–water partition coefficient (Wildman–Crippen LogP) is 10.2. The number of fused-ring (bicyclic) bond motifs is 7. The molecule has 2 aromatic heterocycles. The zero-order valence-electron chi connectivity index (χ0n) is 21.2. The van der Waals surface area contributed by atoms with Crippen molar-refractivity contribution in [3.8, 4) is 5.69 Å². The molecular formula is C36H24N2O. The van der Waals surface area contributed by atoms with Crippen LogP contribution in [0.5, 0.6) is 0 Å². The topological polar surface area (TPSA) is 21.3 Å². The first-order valence-corrected chi connectivity index (χ1v) is 13.2. The van der Waals surface area contributed by atoms with Crippen molar-refractivity contribution in [2.75, 3.05) is 4.90 Å². The van der Waals surface area contributed by atoms with Crippen LogP contribution in [-0.2, 0) is 0 Å². The van der Waals surface area contributed by atoms with Crippen LogP contribution in [-0.4, -0.2) is 4.57 Å². The van der Waals surface area contributed by atoms with Gasteiger partial charge < -0.3 is 13.9 Å². The highest BCUT2D eigenvalue weighted by atomic mass is 16.3. The Bertz CT molecular complexity index is 2080. The Labute approximate surface area is 225 Å². The zero-order chi connectivity index (χ0) is 25.8. The molecular weight excluding hydrogens is 476 g/mol. The molecule has 184 valence electrons. The van der Waals surface area contributed by atoms with Crippen molar-refractivity contribution in [2.45, 2.75) is 0 Å². The van der Waals surface area contributed by atoms with Crippen LogP contribution in [0.4, 0.5) is 17.1 Å². The Morgan fingerprint density at radius 3 is 1.87 bits per heavy atom. The molecule has 0 amide bonds. The lowest BCUT2D eigenvalue weighted by atomic mass is 10.1. The molecule has 0 radical (unpaired) electrons. The van der Waals surface area contributed by atoms with Crippen molar-refractivity contribution in [1.29, 1.82) is 0 Å². The number of anilines is 3. The smallest absolute Gasteiger partial charge is 0.145 e. The number of nitrogens with zero attached hydrogens (tertiary/aromatic N) is 2. The average Bonchev–Trinajstić information content (AvgIpc) is 3.54. The molecule has 0 aliphatic rings. The second kappa shape index (κ2) is 8.64. The summed E-state index contributed by atoms with van der Waals surface area (Å²) in [6.45, 7) is 0. The molecule has 3 nitrogen and oxygen atoms in total. The Kier molecular flexibility index (Phi) is 4.82. The highest BCUT2D eigenvalue weighted by molar-refractivity contribution is 6.23. The van der Waals surface area contributed by atoms with Gasteiger partial charge in [-0.1, -0.05) is 78.9 Å². The van der Waals surface area contributed by atoms with Crippen LogP contribution < -0.4 is 4.90 Å². The van der Waals surface area contributed by atoms with Gasteiger partial charge in [0, 0.05) is 38.9 Å². The van der Waals surface area contributed by atoms with E-state index in [1.165, 1.54) is 5.39 Å². The van der Waals surface area contributed by atoms with E-state index in [4.69, 9.17) is 4.42 Å². The minimum absolute atomic E-state index is 0.917. The molecule has 0 unspecified atom stereocenters. The van der Waals surface area contributed by atoms with Gasteiger partial charge in [0.05, 0.1) is 16.4 Å². The van der Waals surface area contributed by atoms with Crippen LogP contribution >= 0.6 is 0 Å². The standard InChI is InChI=1S/C36H24N2O/c1-3-12-25(13-4-1)37(26-14-5-2-6-15-26)27-16-11-17-28(24-27)38-32-20-9-7-19-31(32)35-33(38)23-22-30-29-18-8-10-21-34(29)39-36(30)35/h1-24H. The maximum Gasteiger partial charge on any atom is 0.145 e. The van der Waals surface area contributed by atoms with Crippen molar-refractivity contribution >= 4 is 60.8 Å². The van der Waals surface area contributed by atoms with Crippen LogP contribution in [0.25, 0.3) is 49.4 Å². The fourth-order valence-electron chi connectivity index (χ4n) is 5.89. The van der Waals surface area contributed by atoms with Gasteiger partial charge in [-0.05, 0) is 66.7 Å². The van der Waals surface area contributed by atoms with E-state index in [1.807, 2.05) is 12.1 Å². The van der Waals surface area contributed by atoms with Gasteiger partial charge in [-0.15, -0.1) is 0 Å². The first-order valence-electron chi connectivity index (χ1n) is 13.2. The highest BCUT2D eigenvalue weighted by Gasteiger charge is 2.19. The van der Waals surface area contributed by atoms with Gasteiger partial charge in [0.15, 0.2) is 0 Å². The number of furan rings is 1. The molecule has 2 heterocycles. The van der Waals surface area contributed by atoms with Gasteiger partial charge in [-0.3, -0.25) is 0 Å². The fraction of sp³-hybridized carbons (Fsp3) is 0. The largest absolute Gasteiger partial charge is 0.455 e. The first kappa shape index (κ1) is 21.8. The first-order chi connectivity index (χ1) is 19.4. The lowest BCUT2D eigenvalue weighted by molar-refractivity contribution is 0.673. The Balaban J connectivity index is 1.40. The second-order valence-electron chi connectivity index (χ2n) is 9.81. The molecule has 0 fully saturated rings. The van der Waals surface area contributed by atoms with E-state index in [1.54, 1.807) is 0 Å². The third kappa shape index (κ3) is 3.37. The monoisotopic (exact) mass is 500 g/mol. The molecule has 3 heteroatoms. The number of para-hydroxylation sites is 4. The van der Waals surface area contributed by atoms with Crippen LogP contribution in [0.1, 0.15) is 0 Å². The minimum atomic E-state index is 0.917. The van der Waals surface area contributed by atoms with E-state index in [0.717, 1.165) is 61.1 Å².